The highest BCUT2D eigenvalue weighted by Crippen LogP contribution is 2.84. The Morgan fingerprint density at radius 2 is 0.526 bits per heavy atom. The van der Waals surface area contributed by atoms with Gasteiger partial charge >= 0.3 is 0 Å². The first kappa shape index (κ1) is 30.8. The minimum absolute atomic E-state index is 0.443. The fourth-order valence-electron chi connectivity index (χ4n) is 25.7. The van der Waals surface area contributed by atoms with Gasteiger partial charge in [0.15, 0.2) is 0 Å². The Morgan fingerprint density at radius 3 is 0.782 bits per heavy atom. The molecule has 0 radical (unpaired) electrons. The summed E-state index contributed by atoms with van der Waals surface area (Å²) in [5.74, 6) is 9.16. The van der Waals surface area contributed by atoms with E-state index in [0.717, 1.165) is 0 Å². The minimum atomic E-state index is -0.629. The van der Waals surface area contributed by atoms with Crippen molar-refractivity contribution in [2.24, 2.45) is 0 Å². The summed E-state index contributed by atoms with van der Waals surface area (Å²) < 4.78 is 0. The lowest BCUT2D eigenvalue weighted by Crippen LogP contribution is -2.49. The van der Waals surface area contributed by atoms with Gasteiger partial charge in [-0.2, -0.15) is 0 Å². The van der Waals surface area contributed by atoms with Crippen molar-refractivity contribution in [3.8, 4) is 31.3 Å². The summed E-state index contributed by atoms with van der Waals surface area (Å²) in [6.45, 7) is 2.82. The molecule has 4 aliphatic rings. The van der Waals surface area contributed by atoms with Gasteiger partial charge in [-0.3, -0.25) is 0 Å². The van der Waals surface area contributed by atoms with Gasteiger partial charge < -0.3 is 0 Å². The second-order valence-corrected chi connectivity index (χ2v) is 30.1. The second kappa shape index (κ2) is 7.37. The zero-order valence-electron chi connectivity index (χ0n) is 39.8. The van der Waals surface area contributed by atoms with Gasteiger partial charge in [0.2, 0.25) is 0 Å². The molecule has 0 bridgehead atoms. The number of benzene rings is 18. The van der Waals surface area contributed by atoms with Crippen LogP contribution in [0.5, 0.6) is 0 Å². The van der Waals surface area contributed by atoms with E-state index in [1.807, 2.05) is 34.0 Å². The smallest absolute Gasteiger partial charge is 0.0975 e. The van der Waals surface area contributed by atoms with Crippen molar-refractivity contribution < 1.29 is 0 Å². The van der Waals surface area contributed by atoms with E-state index in [4.69, 9.17) is 5.92 Å². The lowest BCUT2D eigenvalue weighted by molar-refractivity contribution is 0.439. The monoisotopic (exact) mass is 1010 g/mol. The topological polar surface area (TPSA) is 0 Å². The van der Waals surface area contributed by atoms with Gasteiger partial charge in [-0.25, -0.2) is 0 Å². The SMILES string of the molecule is CC12c3c4c5c6c7c8c(c9c%10c1c1c3c3c%11c4c4c5c5c7c7c%12c8c8c9c9c%10c%10c1c1c3c3c%11c%11c4c4c5c7c5c7c%12c8c8c9c9c%10c1c1c3c3c%11c4c5c4c7c8c9c1c34)C62C#Cc1cc(-c2cccs2)sc1-c1cccs1. The van der Waals surface area contributed by atoms with Crippen molar-refractivity contribution in [3.05, 3.63) is 68.9 Å². The van der Waals surface area contributed by atoms with Crippen molar-refractivity contribution >= 4 is 325 Å². The van der Waals surface area contributed by atoms with Gasteiger partial charge in [-0.05, 0) is 349 Å². The van der Waals surface area contributed by atoms with Crippen LogP contribution in [0.3, 0.4) is 0 Å². The van der Waals surface area contributed by atoms with Crippen LogP contribution in [0, 0.1) is 11.8 Å². The highest BCUT2D eigenvalue weighted by Gasteiger charge is 2.68. The van der Waals surface area contributed by atoms with E-state index in [1.54, 1.807) is 313 Å². The van der Waals surface area contributed by atoms with E-state index in [-0.39, 0.29) is 0 Å². The van der Waals surface area contributed by atoms with E-state index in [1.165, 1.54) is 25.1 Å². The zero-order valence-corrected chi connectivity index (χ0v) is 42.2. The van der Waals surface area contributed by atoms with Crippen LogP contribution in [-0.2, 0) is 10.8 Å². The fraction of sp³-hybridized carbons (Fsp3) is 0.0400. The molecule has 3 aromatic heterocycles. The average Bonchev–Trinajstić information content (AvgIpc) is 1.53. The lowest BCUT2D eigenvalue weighted by Gasteiger charge is -2.49. The van der Waals surface area contributed by atoms with Gasteiger partial charge in [0.25, 0.3) is 0 Å². The summed E-state index contributed by atoms with van der Waals surface area (Å²) >= 11 is 5.69. The van der Waals surface area contributed by atoms with Crippen molar-refractivity contribution in [3.63, 3.8) is 0 Å². The second-order valence-electron chi connectivity index (χ2n) is 27.2. The van der Waals surface area contributed by atoms with Crippen LogP contribution < -0.4 is 0 Å². The normalized spacial score (nSPS) is 20.6. The van der Waals surface area contributed by atoms with Crippen molar-refractivity contribution in [2.75, 3.05) is 0 Å². The Balaban J connectivity index is 1.03. The molecule has 4 aliphatic carbocycles. The molecule has 0 atom stereocenters. The number of hydrogen-bond acceptors (Lipinski definition) is 3. The molecule has 3 heterocycles. The van der Waals surface area contributed by atoms with Crippen molar-refractivity contribution in [1.29, 1.82) is 0 Å². The molecule has 0 amide bonds. The van der Waals surface area contributed by atoms with Crippen molar-refractivity contribution in [1.82, 2.24) is 0 Å². The fourth-order valence-corrected chi connectivity index (χ4v) is 28.5. The summed E-state index contributed by atoms with van der Waals surface area (Å²) in [5.41, 5.74) is 6.67. The maximum atomic E-state index is 4.78. The first-order valence-electron chi connectivity index (χ1n) is 28.3. The Labute approximate surface area is 439 Å². The van der Waals surface area contributed by atoms with Crippen LogP contribution in [0.25, 0.3) is 310 Å². The molecule has 0 fully saturated rings. The Kier molecular flexibility index (Phi) is 2.90. The molecule has 0 aliphatic heterocycles. The third-order valence-electron chi connectivity index (χ3n) is 26.4. The number of rotatable bonds is 2. The molecule has 328 valence electrons. The molecule has 0 N–H and O–H groups in total. The highest BCUT2D eigenvalue weighted by atomic mass is 32.1. The van der Waals surface area contributed by atoms with Crippen LogP contribution in [-0.4, -0.2) is 0 Å². The zero-order chi connectivity index (χ0) is 46.9. The first-order valence-corrected chi connectivity index (χ1v) is 30.9. The van der Waals surface area contributed by atoms with Crippen molar-refractivity contribution in [2.45, 2.75) is 17.8 Å². The summed E-state index contributed by atoms with van der Waals surface area (Å²) in [6, 6.07) is 11.6. The van der Waals surface area contributed by atoms with Crippen LogP contribution in [0.2, 0.25) is 0 Å². The minimum Gasteiger partial charge on any atom is -0.143 e. The standard InChI is InChI=1S/C75H10S3/c1-74-69-61-53-43-33-25-17-15-16-19-23-21(17)29-37-31(23)41-35-27(19)28-20(16)24-22-18(15)26(25)34-40-30(22)38-32(24)42-36(28)46-45(35)57-51(41)59-49(37)55(47(53)39(29)33)63(69)65(59)71-67(57)68-58(46)52(42)60-50(38)56-48(40)54(44(34)43)62(61)70(74)64(56)66(60)72(68)75(71,74)7-6-11-10-14(12-4-2-8-76-12)78-73(11)13-5-3-9-77-13/h2-5,8-10H,1H3. The first-order chi connectivity index (χ1) is 38.8. The van der Waals surface area contributed by atoms with Gasteiger partial charge in [-0.15, -0.1) is 34.0 Å². The highest BCUT2D eigenvalue weighted by molar-refractivity contribution is 7.26. The predicted octanol–water partition coefficient (Wildman–Crippen LogP) is 21.9. The molecule has 0 saturated heterocycles. The average molecular weight is 1010 g/mol. The summed E-state index contributed by atoms with van der Waals surface area (Å²) in [5, 5.41) is 92.7. The molecule has 31 aromatic rings. The molecule has 3 heteroatoms. The molecule has 0 spiro atoms. The third kappa shape index (κ3) is 1.80. The van der Waals surface area contributed by atoms with Gasteiger partial charge in [0.1, 0.15) is 0 Å². The van der Waals surface area contributed by atoms with E-state index >= 15 is 0 Å². The summed E-state index contributed by atoms with van der Waals surface area (Å²) in [4.78, 5) is 5.33. The number of thiophene rings is 3. The van der Waals surface area contributed by atoms with Crippen LogP contribution in [0.4, 0.5) is 0 Å². The molecule has 0 saturated carbocycles. The number of hydrogen-bond donors (Lipinski definition) is 0. The summed E-state index contributed by atoms with van der Waals surface area (Å²) in [7, 11) is 0. The van der Waals surface area contributed by atoms with E-state index in [0.29, 0.717) is 0 Å². The molecule has 35 rings (SSSR count). The van der Waals surface area contributed by atoms with E-state index < -0.39 is 10.8 Å². The van der Waals surface area contributed by atoms with Crippen LogP contribution in [0.1, 0.15) is 34.7 Å². The molecule has 28 aromatic carbocycles. The largest absolute Gasteiger partial charge is 0.143 e. The maximum absolute atomic E-state index is 4.78. The molecule has 0 unspecified atom stereocenters. The Hall–Kier alpha value is -8.88. The Bertz CT molecular complexity index is 7900. The maximum Gasteiger partial charge on any atom is 0.0975 e. The van der Waals surface area contributed by atoms with Gasteiger partial charge in [-0.1, -0.05) is 24.0 Å². The molecular weight excluding hydrogens is 997 g/mol. The third-order valence-corrected chi connectivity index (χ3v) is 29.6. The van der Waals surface area contributed by atoms with Crippen LogP contribution in [0.15, 0.2) is 41.1 Å². The van der Waals surface area contributed by atoms with Gasteiger partial charge in [0.05, 0.1) is 10.3 Å². The molecular formula is C75H10S3. The lowest BCUT2D eigenvalue weighted by atomic mass is 9.49. The van der Waals surface area contributed by atoms with E-state index in [9.17, 15) is 0 Å². The molecule has 0 nitrogen and oxygen atoms in total. The van der Waals surface area contributed by atoms with E-state index in [2.05, 4.69) is 53.9 Å². The van der Waals surface area contributed by atoms with Crippen LogP contribution >= 0.6 is 34.0 Å². The predicted molar refractivity (Wildman–Crippen MR) is 337 cm³/mol. The van der Waals surface area contributed by atoms with Gasteiger partial charge in [0, 0.05) is 25.6 Å². The summed E-state index contributed by atoms with van der Waals surface area (Å²) in [6.07, 6.45) is 0. The quantitative estimate of drug-likeness (QED) is 0.120. The molecule has 78 heavy (non-hydrogen) atoms. The Morgan fingerprint density at radius 1 is 0.282 bits per heavy atom.